The van der Waals surface area contributed by atoms with Crippen molar-refractivity contribution in [2.24, 2.45) is 0 Å². The first-order valence-corrected chi connectivity index (χ1v) is 13.0. The second-order valence-electron chi connectivity index (χ2n) is 8.63. The van der Waals surface area contributed by atoms with Gasteiger partial charge in [-0.2, -0.15) is 5.26 Å². The van der Waals surface area contributed by atoms with Crippen LogP contribution in [0.2, 0.25) is 0 Å². The molecule has 2 aromatic carbocycles. The third kappa shape index (κ3) is 5.21. The number of thioether (sulfide) groups is 1. The van der Waals surface area contributed by atoms with Crippen molar-refractivity contribution in [3.8, 4) is 6.19 Å². The molecule has 0 fully saturated rings. The second kappa shape index (κ2) is 11.4. The topological polar surface area (TPSA) is 98.4 Å². The van der Waals surface area contributed by atoms with Gasteiger partial charge in [-0.3, -0.25) is 9.59 Å². The van der Waals surface area contributed by atoms with Crippen LogP contribution in [0.5, 0.6) is 0 Å². The molecule has 8 heteroatoms. The number of benzene rings is 2. The largest absolute Gasteiger partial charge is 0.396 e. The van der Waals surface area contributed by atoms with Gasteiger partial charge in [-0.1, -0.05) is 67.6 Å². The Morgan fingerprint density at radius 1 is 1.17 bits per heavy atom. The lowest BCUT2D eigenvalue weighted by Crippen LogP contribution is -2.44. The number of carbonyl (C=O) groups excluding carboxylic acids is 2. The van der Waals surface area contributed by atoms with Gasteiger partial charge in [0.2, 0.25) is 11.8 Å². The van der Waals surface area contributed by atoms with Gasteiger partial charge in [-0.25, -0.2) is 4.57 Å². The van der Waals surface area contributed by atoms with E-state index in [2.05, 4.69) is 18.4 Å². The average Bonchev–Trinajstić information content (AvgIpc) is 3.10. The van der Waals surface area contributed by atoms with E-state index in [1.807, 2.05) is 48.5 Å². The zero-order valence-electron chi connectivity index (χ0n) is 19.9. The SMILES string of the molecule is CCCCNC(=O)C1c2c(n(C#N)c3ccccc23)SCC(=O)N1CCc1ccc(CCO)cc1. The molecule has 35 heavy (non-hydrogen) atoms. The molecule has 1 aliphatic heterocycles. The van der Waals surface area contributed by atoms with Crippen molar-refractivity contribution >= 4 is 34.5 Å². The van der Waals surface area contributed by atoms with Gasteiger partial charge in [0.1, 0.15) is 6.04 Å². The predicted molar refractivity (Wildman–Crippen MR) is 137 cm³/mol. The molecular weight excluding hydrogens is 460 g/mol. The fourth-order valence-electron chi connectivity index (χ4n) is 4.52. The molecule has 4 rings (SSSR count). The summed E-state index contributed by atoms with van der Waals surface area (Å²) in [6.07, 6.45) is 5.25. The molecule has 1 unspecified atom stereocenters. The number of aliphatic hydroxyl groups is 1. The lowest BCUT2D eigenvalue weighted by molar-refractivity contribution is -0.138. The van der Waals surface area contributed by atoms with E-state index in [0.717, 1.165) is 40.4 Å². The number of fused-ring (bicyclic) bond motifs is 3. The fourth-order valence-corrected chi connectivity index (χ4v) is 5.59. The number of hydrogen-bond donors (Lipinski definition) is 2. The van der Waals surface area contributed by atoms with Gasteiger partial charge in [0.25, 0.3) is 0 Å². The van der Waals surface area contributed by atoms with Gasteiger partial charge in [-0.05, 0) is 36.5 Å². The van der Waals surface area contributed by atoms with Crippen molar-refractivity contribution < 1.29 is 14.7 Å². The zero-order valence-corrected chi connectivity index (χ0v) is 20.7. The Hall–Kier alpha value is -3.28. The first-order chi connectivity index (χ1) is 17.1. The summed E-state index contributed by atoms with van der Waals surface area (Å²) in [4.78, 5) is 28.6. The monoisotopic (exact) mass is 490 g/mol. The first kappa shape index (κ1) is 24.8. The summed E-state index contributed by atoms with van der Waals surface area (Å²) in [6.45, 7) is 3.09. The molecule has 1 aromatic heterocycles. The van der Waals surface area contributed by atoms with Crippen LogP contribution in [-0.4, -0.2) is 51.8 Å². The third-order valence-electron chi connectivity index (χ3n) is 6.35. The van der Waals surface area contributed by atoms with E-state index < -0.39 is 6.04 Å². The van der Waals surface area contributed by atoms with E-state index in [1.54, 1.807) is 4.90 Å². The van der Waals surface area contributed by atoms with Gasteiger partial charge >= 0.3 is 0 Å². The minimum absolute atomic E-state index is 0.104. The van der Waals surface area contributed by atoms with Gasteiger partial charge in [0.15, 0.2) is 6.19 Å². The highest BCUT2D eigenvalue weighted by Gasteiger charge is 2.39. The van der Waals surface area contributed by atoms with E-state index in [-0.39, 0.29) is 24.2 Å². The lowest BCUT2D eigenvalue weighted by Gasteiger charge is -2.30. The van der Waals surface area contributed by atoms with Crippen LogP contribution in [0.1, 0.15) is 42.5 Å². The minimum Gasteiger partial charge on any atom is -0.396 e. The van der Waals surface area contributed by atoms with E-state index >= 15 is 0 Å². The van der Waals surface area contributed by atoms with Gasteiger partial charge < -0.3 is 15.3 Å². The van der Waals surface area contributed by atoms with Crippen LogP contribution < -0.4 is 5.32 Å². The van der Waals surface area contributed by atoms with Crippen LogP contribution in [0.4, 0.5) is 0 Å². The predicted octanol–water partition coefficient (Wildman–Crippen LogP) is 3.64. The van der Waals surface area contributed by atoms with Crippen molar-refractivity contribution in [1.82, 2.24) is 14.8 Å². The number of hydrogen-bond acceptors (Lipinski definition) is 5. The molecule has 0 aliphatic carbocycles. The number of aliphatic hydroxyl groups excluding tert-OH is 1. The lowest BCUT2D eigenvalue weighted by atomic mass is 10.0. The summed E-state index contributed by atoms with van der Waals surface area (Å²) >= 11 is 1.32. The van der Waals surface area contributed by atoms with Crippen LogP contribution in [-0.2, 0) is 22.4 Å². The molecule has 7 nitrogen and oxygen atoms in total. The highest BCUT2D eigenvalue weighted by atomic mass is 32.2. The standard InChI is InChI=1S/C27H30N4O3S/c1-2-3-14-29-26(34)25-24-21-6-4-5-7-22(21)31(18-28)27(24)35-17-23(33)30(25)15-12-19-8-10-20(11-9-19)13-16-32/h4-11,25,32H,2-3,12-17H2,1H3,(H,29,34). The number of nitrogens with zero attached hydrogens (tertiary/aromatic N) is 3. The number of nitriles is 1. The highest BCUT2D eigenvalue weighted by molar-refractivity contribution is 8.00. The van der Waals surface area contributed by atoms with Gasteiger partial charge in [0, 0.05) is 30.6 Å². The normalized spacial score (nSPS) is 15.5. The van der Waals surface area contributed by atoms with Crippen LogP contribution in [0.15, 0.2) is 53.6 Å². The van der Waals surface area contributed by atoms with Crippen LogP contribution in [0.3, 0.4) is 0 Å². The summed E-state index contributed by atoms with van der Waals surface area (Å²) < 4.78 is 1.54. The Labute approximate surface area is 209 Å². The number of para-hydroxylation sites is 1. The maximum atomic E-state index is 13.6. The molecule has 2 heterocycles. The number of unbranched alkanes of at least 4 members (excludes halogenated alkanes) is 1. The molecule has 3 aromatic rings. The number of nitrogens with one attached hydrogen (secondary N) is 1. The number of aromatic nitrogens is 1. The molecule has 1 aliphatic rings. The van der Waals surface area contributed by atoms with Crippen molar-refractivity contribution in [2.75, 3.05) is 25.4 Å². The molecule has 182 valence electrons. The summed E-state index contributed by atoms with van der Waals surface area (Å²) in [5.41, 5.74) is 3.58. The number of carbonyl (C=O) groups is 2. The van der Waals surface area contributed by atoms with E-state index in [1.165, 1.54) is 16.3 Å². The molecule has 0 bridgehead atoms. The van der Waals surface area contributed by atoms with Crippen LogP contribution in [0, 0.1) is 11.5 Å². The molecule has 2 N–H and O–H groups in total. The maximum absolute atomic E-state index is 13.6. The highest BCUT2D eigenvalue weighted by Crippen LogP contribution is 2.42. The second-order valence-corrected chi connectivity index (χ2v) is 9.60. The van der Waals surface area contributed by atoms with Gasteiger partial charge in [-0.15, -0.1) is 0 Å². The maximum Gasteiger partial charge on any atom is 0.247 e. The third-order valence-corrected chi connectivity index (χ3v) is 7.42. The Morgan fingerprint density at radius 3 is 2.57 bits per heavy atom. The summed E-state index contributed by atoms with van der Waals surface area (Å²) in [6, 6.07) is 14.7. The molecule has 2 amide bonds. The number of rotatable bonds is 9. The Bertz CT molecular complexity index is 1250. The van der Waals surface area contributed by atoms with Crippen molar-refractivity contribution in [2.45, 2.75) is 43.7 Å². The molecule has 0 saturated carbocycles. The average molecular weight is 491 g/mol. The van der Waals surface area contributed by atoms with Crippen molar-refractivity contribution in [1.29, 1.82) is 5.26 Å². The summed E-state index contributed by atoms with van der Waals surface area (Å²) in [7, 11) is 0. The number of amides is 2. The smallest absolute Gasteiger partial charge is 0.247 e. The Morgan fingerprint density at radius 2 is 1.89 bits per heavy atom. The molecule has 0 radical (unpaired) electrons. The minimum atomic E-state index is -0.808. The molecular formula is C27H30N4O3S. The van der Waals surface area contributed by atoms with Crippen LogP contribution >= 0.6 is 11.8 Å². The van der Waals surface area contributed by atoms with Crippen LogP contribution in [0.25, 0.3) is 10.9 Å². The molecule has 0 saturated heterocycles. The zero-order chi connectivity index (χ0) is 24.8. The Balaban J connectivity index is 1.72. The molecule has 0 spiro atoms. The van der Waals surface area contributed by atoms with E-state index in [9.17, 15) is 14.9 Å². The quantitative estimate of drug-likeness (QED) is 0.446. The van der Waals surface area contributed by atoms with E-state index in [0.29, 0.717) is 31.0 Å². The summed E-state index contributed by atoms with van der Waals surface area (Å²) in [5, 5.41) is 23.6. The van der Waals surface area contributed by atoms with Crippen molar-refractivity contribution in [3.63, 3.8) is 0 Å². The fraction of sp³-hybridized carbons (Fsp3) is 0.370. The van der Waals surface area contributed by atoms with Crippen molar-refractivity contribution in [3.05, 3.63) is 65.2 Å². The first-order valence-electron chi connectivity index (χ1n) is 12.0. The van der Waals surface area contributed by atoms with Gasteiger partial charge in [0.05, 0.1) is 16.3 Å². The summed E-state index contributed by atoms with van der Waals surface area (Å²) in [5.74, 6) is -0.166. The van der Waals surface area contributed by atoms with E-state index in [4.69, 9.17) is 5.11 Å². The Kier molecular flexibility index (Phi) is 8.11. The molecule has 1 atom stereocenters.